The molecule has 0 fully saturated rings. The molecule has 0 saturated carbocycles. The first-order valence-corrected chi connectivity index (χ1v) is 3.18. The van der Waals surface area contributed by atoms with Crippen molar-refractivity contribution < 1.29 is 18.3 Å². The molecule has 0 aliphatic rings. The summed E-state index contributed by atoms with van der Waals surface area (Å²) in [6, 6.07) is 1.96. The highest BCUT2D eigenvalue weighted by Gasteiger charge is 2.11. The zero-order valence-electron chi connectivity index (χ0n) is 5.97. The van der Waals surface area contributed by atoms with Gasteiger partial charge in [0.2, 0.25) is 0 Å². The summed E-state index contributed by atoms with van der Waals surface area (Å²) in [5, 5.41) is 8.87. The quantitative estimate of drug-likeness (QED) is 0.751. The summed E-state index contributed by atoms with van der Waals surface area (Å²) in [4.78, 5) is 3.22. The molecule has 0 radical (unpaired) electrons. The number of halogens is 3. The van der Waals surface area contributed by atoms with E-state index in [0.29, 0.717) is 0 Å². The number of aromatic nitrogens is 1. The van der Waals surface area contributed by atoms with Gasteiger partial charge in [0.05, 0.1) is 0 Å². The van der Waals surface area contributed by atoms with Crippen molar-refractivity contribution in [1.82, 2.24) is 4.98 Å². The monoisotopic (exact) mass is 177 g/mol. The van der Waals surface area contributed by atoms with Crippen LogP contribution in [0.3, 0.4) is 0 Å². The van der Waals surface area contributed by atoms with Gasteiger partial charge >= 0.3 is 0 Å². The summed E-state index contributed by atoms with van der Waals surface area (Å²) < 4.78 is 35.9. The normalized spacial score (nSPS) is 10.7. The number of aromatic hydroxyl groups is 1. The van der Waals surface area contributed by atoms with E-state index in [-0.39, 0.29) is 5.69 Å². The maximum atomic E-state index is 12.0. The minimum atomic E-state index is -2.74. The highest BCUT2D eigenvalue weighted by atomic mass is 19.3. The van der Waals surface area contributed by atoms with Crippen LogP contribution in [-0.4, -0.2) is 10.1 Å². The summed E-state index contributed by atoms with van der Waals surface area (Å²) in [5.74, 6) is -0.401. The third-order valence-electron chi connectivity index (χ3n) is 1.32. The predicted molar refractivity (Wildman–Crippen MR) is 35.7 cm³/mol. The fraction of sp³-hybridized carbons (Fsp3) is 0.286. The van der Waals surface area contributed by atoms with E-state index in [1.807, 2.05) is 0 Å². The van der Waals surface area contributed by atoms with Crippen LogP contribution >= 0.6 is 0 Å². The third kappa shape index (κ3) is 1.66. The Morgan fingerprint density at radius 3 is 2.58 bits per heavy atom. The van der Waals surface area contributed by atoms with Crippen molar-refractivity contribution in [3.63, 3.8) is 0 Å². The van der Waals surface area contributed by atoms with Crippen molar-refractivity contribution in [2.45, 2.75) is 13.1 Å². The molecular formula is C7H6F3NO. The molecule has 0 atom stereocenters. The second kappa shape index (κ2) is 3.42. The minimum Gasteiger partial charge on any atom is -0.506 e. The van der Waals surface area contributed by atoms with Crippen LogP contribution in [0, 0.1) is 0 Å². The van der Waals surface area contributed by atoms with Gasteiger partial charge in [-0.1, -0.05) is 0 Å². The van der Waals surface area contributed by atoms with E-state index in [4.69, 9.17) is 5.11 Å². The van der Waals surface area contributed by atoms with Gasteiger partial charge in [-0.05, 0) is 12.1 Å². The van der Waals surface area contributed by atoms with Gasteiger partial charge in [0.15, 0.2) is 0 Å². The standard InChI is InChI=1S/C7H6F3NO/c8-3-5-6(12)2-1-4(11-5)7(9)10/h1-2,7,12H,3H2. The van der Waals surface area contributed by atoms with Crippen LogP contribution in [0.5, 0.6) is 5.75 Å². The SMILES string of the molecule is Oc1ccc(C(F)F)nc1CF. The number of hydrogen-bond donors (Lipinski definition) is 1. The number of alkyl halides is 3. The Balaban J connectivity index is 3.05. The molecule has 0 spiro atoms. The van der Waals surface area contributed by atoms with Crippen molar-refractivity contribution in [2.75, 3.05) is 0 Å². The Morgan fingerprint density at radius 2 is 2.08 bits per heavy atom. The van der Waals surface area contributed by atoms with Gasteiger partial charge in [0.1, 0.15) is 23.8 Å². The minimum absolute atomic E-state index is 0.354. The second-order valence-corrected chi connectivity index (χ2v) is 2.14. The number of nitrogens with zero attached hydrogens (tertiary/aromatic N) is 1. The summed E-state index contributed by atoms with van der Waals surface area (Å²) >= 11 is 0. The molecule has 1 N–H and O–H groups in total. The lowest BCUT2D eigenvalue weighted by molar-refractivity contribution is 0.145. The molecule has 12 heavy (non-hydrogen) atoms. The lowest BCUT2D eigenvalue weighted by Gasteiger charge is -2.02. The highest BCUT2D eigenvalue weighted by molar-refractivity contribution is 5.27. The van der Waals surface area contributed by atoms with Gasteiger partial charge in [-0.2, -0.15) is 0 Å². The van der Waals surface area contributed by atoms with Crippen LogP contribution in [0.15, 0.2) is 12.1 Å². The zero-order chi connectivity index (χ0) is 9.14. The molecule has 5 heteroatoms. The van der Waals surface area contributed by atoms with Crippen molar-refractivity contribution >= 4 is 0 Å². The highest BCUT2D eigenvalue weighted by Crippen LogP contribution is 2.21. The topological polar surface area (TPSA) is 33.1 Å². The largest absolute Gasteiger partial charge is 0.506 e. The first-order valence-electron chi connectivity index (χ1n) is 3.18. The van der Waals surface area contributed by atoms with Gasteiger partial charge in [0.25, 0.3) is 6.43 Å². The van der Waals surface area contributed by atoms with E-state index in [1.165, 1.54) is 0 Å². The lowest BCUT2D eigenvalue weighted by Crippen LogP contribution is -1.94. The van der Waals surface area contributed by atoms with Crippen molar-refractivity contribution in [3.05, 3.63) is 23.5 Å². The Morgan fingerprint density at radius 1 is 1.42 bits per heavy atom. The molecule has 2 nitrogen and oxygen atoms in total. The molecule has 0 amide bonds. The van der Waals surface area contributed by atoms with Crippen LogP contribution in [0.1, 0.15) is 17.8 Å². The van der Waals surface area contributed by atoms with E-state index in [0.717, 1.165) is 12.1 Å². The number of pyridine rings is 1. The Hall–Kier alpha value is -1.26. The molecule has 0 bridgehead atoms. The molecule has 66 valence electrons. The smallest absolute Gasteiger partial charge is 0.280 e. The predicted octanol–water partition coefficient (Wildman–Crippen LogP) is 2.19. The average Bonchev–Trinajstić information content (AvgIpc) is 2.05. The average molecular weight is 177 g/mol. The number of rotatable bonds is 2. The van der Waals surface area contributed by atoms with Gasteiger partial charge in [0, 0.05) is 0 Å². The molecule has 1 aromatic rings. The Kier molecular flexibility index (Phi) is 2.52. The molecule has 0 aliphatic heterocycles. The third-order valence-corrected chi connectivity index (χ3v) is 1.32. The molecule has 1 aromatic heterocycles. The van der Waals surface area contributed by atoms with Crippen LogP contribution in [0.4, 0.5) is 13.2 Å². The molecule has 1 heterocycles. The van der Waals surface area contributed by atoms with Gasteiger partial charge in [-0.25, -0.2) is 18.2 Å². The summed E-state index contributed by atoms with van der Waals surface area (Å²) in [5.41, 5.74) is -0.881. The molecule has 1 rings (SSSR count). The first kappa shape index (κ1) is 8.83. The van der Waals surface area contributed by atoms with Crippen molar-refractivity contribution in [3.8, 4) is 5.75 Å². The fourth-order valence-electron chi connectivity index (χ4n) is 0.731. The maximum absolute atomic E-state index is 12.0. The summed E-state index contributed by atoms with van der Waals surface area (Å²) in [7, 11) is 0. The molecule has 0 saturated heterocycles. The van der Waals surface area contributed by atoms with Gasteiger partial charge < -0.3 is 5.11 Å². The Bertz CT molecular complexity index is 277. The van der Waals surface area contributed by atoms with Crippen molar-refractivity contribution in [1.29, 1.82) is 0 Å². The van der Waals surface area contributed by atoms with Crippen LogP contribution < -0.4 is 0 Å². The van der Waals surface area contributed by atoms with E-state index < -0.39 is 24.5 Å². The van der Waals surface area contributed by atoms with Crippen molar-refractivity contribution in [2.24, 2.45) is 0 Å². The van der Waals surface area contributed by atoms with E-state index in [9.17, 15) is 13.2 Å². The molecule has 0 aromatic carbocycles. The van der Waals surface area contributed by atoms with Crippen LogP contribution in [0.25, 0.3) is 0 Å². The fourth-order valence-corrected chi connectivity index (χ4v) is 0.731. The summed E-state index contributed by atoms with van der Waals surface area (Å²) in [6.45, 7) is -1.05. The zero-order valence-corrected chi connectivity index (χ0v) is 5.97. The molecule has 0 aliphatic carbocycles. The number of hydrogen-bond acceptors (Lipinski definition) is 2. The molecular weight excluding hydrogens is 171 g/mol. The molecule has 0 unspecified atom stereocenters. The van der Waals surface area contributed by atoms with Gasteiger partial charge in [-0.3, -0.25) is 0 Å². The lowest BCUT2D eigenvalue weighted by atomic mass is 10.3. The maximum Gasteiger partial charge on any atom is 0.280 e. The van der Waals surface area contributed by atoms with Gasteiger partial charge in [-0.15, -0.1) is 0 Å². The van der Waals surface area contributed by atoms with Crippen LogP contribution in [-0.2, 0) is 6.67 Å². The first-order chi connectivity index (χ1) is 5.65. The Labute approximate surface area is 66.7 Å². The van der Waals surface area contributed by atoms with Crippen LogP contribution in [0.2, 0.25) is 0 Å². The van der Waals surface area contributed by atoms with E-state index >= 15 is 0 Å². The van der Waals surface area contributed by atoms with E-state index in [2.05, 4.69) is 4.98 Å². The van der Waals surface area contributed by atoms with E-state index in [1.54, 1.807) is 0 Å². The summed E-state index contributed by atoms with van der Waals surface area (Å²) in [6.07, 6.45) is -2.74. The second-order valence-electron chi connectivity index (χ2n) is 2.14.